The standard InChI is InChI=1S/C10H18O3/c1-8(2)7-9(10(12)13)5-3-4-6-11/h6,8-9H,3-5,7H2,1-2H3,(H,12,13). The van der Waals surface area contributed by atoms with Gasteiger partial charge in [0, 0.05) is 6.42 Å². The van der Waals surface area contributed by atoms with Crippen molar-refractivity contribution in [2.75, 3.05) is 0 Å². The lowest BCUT2D eigenvalue weighted by molar-refractivity contribution is -0.142. The van der Waals surface area contributed by atoms with Crippen molar-refractivity contribution in [3.63, 3.8) is 0 Å². The van der Waals surface area contributed by atoms with Gasteiger partial charge in [-0.15, -0.1) is 0 Å². The molecule has 0 saturated carbocycles. The van der Waals surface area contributed by atoms with Crippen molar-refractivity contribution in [2.45, 2.75) is 39.5 Å². The minimum atomic E-state index is -0.736. The third-order valence-corrected chi connectivity index (χ3v) is 1.98. The predicted octanol–water partition coefficient (Wildman–Crippen LogP) is 2.10. The van der Waals surface area contributed by atoms with E-state index in [-0.39, 0.29) is 5.92 Å². The number of carbonyl (C=O) groups excluding carboxylic acids is 1. The molecule has 13 heavy (non-hydrogen) atoms. The Hall–Kier alpha value is -0.860. The summed E-state index contributed by atoms with van der Waals surface area (Å²) in [6.07, 6.45) is 3.32. The van der Waals surface area contributed by atoms with Crippen molar-refractivity contribution in [3.8, 4) is 0 Å². The molecular formula is C10H18O3. The number of carboxylic acid groups (broad SMARTS) is 1. The van der Waals surface area contributed by atoms with E-state index in [0.29, 0.717) is 31.6 Å². The Morgan fingerprint density at radius 3 is 2.46 bits per heavy atom. The van der Waals surface area contributed by atoms with E-state index >= 15 is 0 Å². The fraction of sp³-hybridized carbons (Fsp3) is 0.800. The molecular weight excluding hydrogens is 168 g/mol. The summed E-state index contributed by atoms with van der Waals surface area (Å²) < 4.78 is 0. The van der Waals surface area contributed by atoms with Crippen molar-refractivity contribution in [2.24, 2.45) is 11.8 Å². The maximum absolute atomic E-state index is 10.7. The van der Waals surface area contributed by atoms with Gasteiger partial charge in [-0.25, -0.2) is 0 Å². The number of carboxylic acids is 1. The first-order valence-corrected chi connectivity index (χ1v) is 4.74. The van der Waals surface area contributed by atoms with Crippen LogP contribution in [0.25, 0.3) is 0 Å². The molecule has 0 heterocycles. The van der Waals surface area contributed by atoms with Crippen LogP contribution in [-0.2, 0) is 9.59 Å². The summed E-state index contributed by atoms with van der Waals surface area (Å²) in [4.78, 5) is 20.8. The van der Waals surface area contributed by atoms with Crippen molar-refractivity contribution >= 4 is 12.3 Å². The molecule has 3 nitrogen and oxygen atoms in total. The molecule has 1 unspecified atom stereocenters. The number of unbranched alkanes of at least 4 members (excludes halogenated alkanes) is 1. The Morgan fingerprint density at radius 2 is 2.08 bits per heavy atom. The van der Waals surface area contributed by atoms with Crippen molar-refractivity contribution in [3.05, 3.63) is 0 Å². The predicted molar refractivity (Wildman–Crippen MR) is 50.5 cm³/mol. The molecule has 0 fully saturated rings. The van der Waals surface area contributed by atoms with Crippen LogP contribution in [0.4, 0.5) is 0 Å². The first-order chi connectivity index (χ1) is 6.07. The minimum absolute atomic E-state index is 0.278. The smallest absolute Gasteiger partial charge is 0.306 e. The van der Waals surface area contributed by atoms with Crippen LogP contribution < -0.4 is 0 Å². The van der Waals surface area contributed by atoms with Gasteiger partial charge >= 0.3 is 5.97 Å². The molecule has 0 aliphatic heterocycles. The molecule has 0 aliphatic rings. The number of aliphatic carboxylic acids is 1. The zero-order valence-electron chi connectivity index (χ0n) is 8.32. The Bertz CT molecular complexity index is 164. The first-order valence-electron chi connectivity index (χ1n) is 4.74. The van der Waals surface area contributed by atoms with Gasteiger partial charge in [-0.05, 0) is 25.2 Å². The summed E-state index contributed by atoms with van der Waals surface area (Å²) in [7, 11) is 0. The van der Waals surface area contributed by atoms with Gasteiger partial charge in [0.15, 0.2) is 0 Å². The van der Waals surface area contributed by atoms with E-state index in [9.17, 15) is 9.59 Å². The number of aldehydes is 1. The summed E-state index contributed by atoms with van der Waals surface area (Å²) in [6, 6.07) is 0. The van der Waals surface area contributed by atoms with E-state index < -0.39 is 5.97 Å². The molecule has 0 radical (unpaired) electrons. The fourth-order valence-electron chi connectivity index (χ4n) is 1.36. The Balaban J connectivity index is 3.80. The lowest BCUT2D eigenvalue weighted by Gasteiger charge is -2.13. The van der Waals surface area contributed by atoms with E-state index in [0.717, 1.165) is 6.29 Å². The number of rotatable bonds is 7. The van der Waals surface area contributed by atoms with Crippen molar-refractivity contribution in [1.29, 1.82) is 0 Å². The van der Waals surface area contributed by atoms with Crippen molar-refractivity contribution in [1.82, 2.24) is 0 Å². The topological polar surface area (TPSA) is 54.4 Å². The average Bonchev–Trinajstić information content (AvgIpc) is 2.02. The highest BCUT2D eigenvalue weighted by molar-refractivity contribution is 5.69. The second kappa shape index (κ2) is 6.63. The second-order valence-electron chi connectivity index (χ2n) is 3.76. The Morgan fingerprint density at radius 1 is 1.46 bits per heavy atom. The van der Waals surface area contributed by atoms with Crippen molar-refractivity contribution < 1.29 is 14.7 Å². The molecule has 0 spiro atoms. The summed E-state index contributed by atoms with van der Waals surface area (Å²) in [5, 5.41) is 8.83. The van der Waals surface area contributed by atoms with Crippen LogP contribution >= 0.6 is 0 Å². The molecule has 76 valence electrons. The normalized spacial score (nSPS) is 12.8. The van der Waals surface area contributed by atoms with Crippen LogP contribution in [-0.4, -0.2) is 17.4 Å². The van der Waals surface area contributed by atoms with Gasteiger partial charge in [-0.1, -0.05) is 13.8 Å². The Kier molecular flexibility index (Phi) is 6.20. The molecule has 1 N–H and O–H groups in total. The van der Waals surface area contributed by atoms with Crippen LogP contribution in [0.1, 0.15) is 39.5 Å². The van der Waals surface area contributed by atoms with Gasteiger partial charge in [-0.2, -0.15) is 0 Å². The monoisotopic (exact) mass is 186 g/mol. The van der Waals surface area contributed by atoms with E-state index in [1.165, 1.54) is 0 Å². The van der Waals surface area contributed by atoms with E-state index in [2.05, 4.69) is 0 Å². The molecule has 0 amide bonds. The average molecular weight is 186 g/mol. The number of hydrogen-bond donors (Lipinski definition) is 1. The molecule has 1 atom stereocenters. The highest BCUT2D eigenvalue weighted by atomic mass is 16.4. The van der Waals surface area contributed by atoms with E-state index in [4.69, 9.17) is 5.11 Å². The van der Waals surface area contributed by atoms with Crippen LogP contribution in [0, 0.1) is 11.8 Å². The first kappa shape index (κ1) is 12.1. The highest BCUT2D eigenvalue weighted by Gasteiger charge is 2.17. The quantitative estimate of drug-likeness (QED) is 0.489. The van der Waals surface area contributed by atoms with Gasteiger partial charge in [0.25, 0.3) is 0 Å². The zero-order chi connectivity index (χ0) is 10.3. The molecule has 0 bridgehead atoms. The fourth-order valence-corrected chi connectivity index (χ4v) is 1.36. The summed E-state index contributed by atoms with van der Waals surface area (Å²) >= 11 is 0. The van der Waals surface area contributed by atoms with Crippen LogP contribution in [0.5, 0.6) is 0 Å². The number of hydrogen-bond acceptors (Lipinski definition) is 2. The molecule has 0 saturated heterocycles. The SMILES string of the molecule is CC(C)CC(CCCC=O)C(=O)O. The summed E-state index contributed by atoms with van der Waals surface area (Å²) in [5.41, 5.74) is 0. The van der Waals surface area contributed by atoms with Gasteiger partial charge in [0.2, 0.25) is 0 Å². The molecule has 3 heteroatoms. The van der Waals surface area contributed by atoms with Crippen LogP contribution in [0.3, 0.4) is 0 Å². The van der Waals surface area contributed by atoms with Gasteiger partial charge in [0.1, 0.15) is 6.29 Å². The Labute approximate surface area is 79.1 Å². The zero-order valence-corrected chi connectivity index (χ0v) is 8.32. The third-order valence-electron chi connectivity index (χ3n) is 1.98. The molecule has 0 aromatic heterocycles. The lowest BCUT2D eigenvalue weighted by atomic mass is 9.92. The van der Waals surface area contributed by atoms with Gasteiger partial charge in [-0.3, -0.25) is 4.79 Å². The third kappa shape index (κ3) is 6.31. The van der Waals surface area contributed by atoms with Crippen LogP contribution in [0.15, 0.2) is 0 Å². The molecule has 0 aromatic rings. The second-order valence-corrected chi connectivity index (χ2v) is 3.76. The van der Waals surface area contributed by atoms with Gasteiger partial charge in [0.05, 0.1) is 5.92 Å². The maximum atomic E-state index is 10.7. The van der Waals surface area contributed by atoms with Gasteiger partial charge < -0.3 is 9.90 Å². The minimum Gasteiger partial charge on any atom is -0.481 e. The lowest BCUT2D eigenvalue weighted by Crippen LogP contribution is -2.15. The number of carbonyl (C=O) groups is 2. The summed E-state index contributed by atoms with van der Waals surface area (Å²) in [5.74, 6) is -0.614. The van der Waals surface area contributed by atoms with E-state index in [1.54, 1.807) is 0 Å². The van der Waals surface area contributed by atoms with Crippen LogP contribution in [0.2, 0.25) is 0 Å². The maximum Gasteiger partial charge on any atom is 0.306 e. The molecule has 0 aromatic carbocycles. The molecule has 0 aliphatic carbocycles. The highest BCUT2D eigenvalue weighted by Crippen LogP contribution is 2.17. The summed E-state index contributed by atoms with van der Waals surface area (Å²) in [6.45, 7) is 4.02. The van der Waals surface area contributed by atoms with E-state index in [1.807, 2.05) is 13.8 Å². The molecule has 0 rings (SSSR count). The largest absolute Gasteiger partial charge is 0.481 e.